The molecule has 3 atom stereocenters. The van der Waals surface area contributed by atoms with Crippen LogP contribution in [0.2, 0.25) is 0 Å². The molecule has 0 radical (unpaired) electrons. The summed E-state index contributed by atoms with van der Waals surface area (Å²) in [4.78, 5) is 49.6. The molecule has 1 fully saturated rings. The minimum atomic E-state index is -1.69. The van der Waals surface area contributed by atoms with Gasteiger partial charge in [0.25, 0.3) is 6.10 Å². The zero-order valence-electron chi connectivity index (χ0n) is 20.0. The van der Waals surface area contributed by atoms with Gasteiger partial charge in [0.05, 0.1) is 24.3 Å². The molecular weight excluding hydrogens is 472 g/mol. The second kappa shape index (κ2) is 13.4. The lowest BCUT2D eigenvalue weighted by Crippen LogP contribution is -2.39. The van der Waals surface area contributed by atoms with Gasteiger partial charge in [-0.3, -0.25) is 0 Å². The van der Waals surface area contributed by atoms with E-state index >= 15 is 0 Å². The summed E-state index contributed by atoms with van der Waals surface area (Å²) in [6.45, 7) is 2.96. The maximum absolute atomic E-state index is 12.6. The summed E-state index contributed by atoms with van der Waals surface area (Å²) in [7, 11) is 0. The van der Waals surface area contributed by atoms with Gasteiger partial charge in [0.15, 0.2) is 6.29 Å². The summed E-state index contributed by atoms with van der Waals surface area (Å²) in [6, 6.07) is 16.7. The topological polar surface area (TPSA) is 124 Å². The van der Waals surface area contributed by atoms with Crippen molar-refractivity contribution in [2.75, 3.05) is 19.8 Å². The molecule has 0 saturated carbocycles. The number of carbonyl (C=O) groups excluding carboxylic acids is 4. The Kier molecular flexibility index (Phi) is 9.96. The molecule has 2 aromatic carbocycles. The molecule has 1 aliphatic rings. The molecule has 1 aliphatic heterocycles. The molecule has 3 rings (SSSR count). The minimum Gasteiger partial charge on any atom is -0.464 e. The third kappa shape index (κ3) is 7.37. The van der Waals surface area contributed by atoms with E-state index in [1.54, 1.807) is 74.5 Å². The fourth-order valence-electron chi connectivity index (χ4n) is 3.43. The standard InChI is InChI=1S/C26H28O10/c1-3-31-25(29)22(26(30)32-4-2)36-21-15-19(35-24(28)18-13-9-6-10-14-18)20(34-21)16-33-23(27)17-11-7-5-8-12-17/h5-14,19-22H,3-4,15-16H2,1-2H3/t19-,20+,21+/m0/s1. The highest BCUT2D eigenvalue weighted by molar-refractivity contribution is 5.98. The van der Waals surface area contributed by atoms with Crippen molar-refractivity contribution in [3.05, 3.63) is 71.8 Å². The predicted molar refractivity (Wildman–Crippen MR) is 124 cm³/mol. The van der Waals surface area contributed by atoms with E-state index in [1.165, 1.54) is 0 Å². The molecule has 36 heavy (non-hydrogen) atoms. The van der Waals surface area contributed by atoms with Crippen molar-refractivity contribution in [3.63, 3.8) is 0 Å². The number of hydrogen-bond acceptors (Lipinski definition) is 10. The zero-order valence-corrected chi connectivity index (χ0v) is 20.0. The van der Waals surface area contributed by atoms with Gasteiger partial charge in [0.1, 0.15) is 18.8 Å². The van der Waals surface area contributed by atoms with Gasteiger partial charge in [-0.2, -0.15) is 0 Å². The second-order valence-corrected chi connectivity index (χ2v) is 7.63. The number of esters is 4. The molecule has 0 aromatic heterocycles. The molecule has 0 unspecified atom stereocenters. The molecule has 192 valence electrons. The molecule has 0 bridgehead atoms. The van der Waals surface area contributed by atoms with Crippen molar-refractivity contribution in [2.45, 2.75) is 44.9 Å². The monoisotopic (exact) mass is 500 g/mol. The maximum Gasteiger partial charge on any atom is 0.347 e. The van der Waals surface area contributed by atoms with E-state index in [0.29, 0.717) is 11.1 Å². The molecule has 0 aliphatic carbocycles. The lowest BCUT2D eigenvalue weighted by molar-refractivity contribution is -0.203. The number of carbonyl (C=O) groups is 4. The molecule has 10 nitrogen and oxygen atoms in total. The number of benzene rings is 2. The van der Waals surface area contributed by atoms with Gasteiger partial charge in [0.2, 0.25) is 0 Å². The van der Waals surface area contributed by atoms with E-state index in [9.17, 15) is 19.2 Å². The Bertz CT molecular complexity index is 1010. The Hall–Kier alpha value is -3.76. The van der Waals surface area contributed by atoms with Crippen molar-refractivity contribution >= 4 is 23.9 Å². The number of rotatable bonds is 11. The van der Waals surface area contributed by atoms with Crippen LogP contribution in [0.5, 0.6) is 0 Å². The maximum atomic E-state index is 12.6. The average molecular weight is 501 g/mol. The summed E-state index contributed by atoms with van der Waals surface area (Å²) in [5.41, 5.74) is 0.656. The van der Waals surface area contributed by atoms with Gasteiger partial charge in [-0.15, -0.1) is 0 Å². The first kappa shape index (κ1) is 26.8. The average Bonchev–Trinajstić information content (AvgIpc) is 3.27. The molecule has 10 heteroatoms. The van der Waals surface area contributed by atoms with Crippen LogP contribution in [0.1, 0.15) is 41.0 Å². The van der Waals surface area contributed by atoms with Crippen molar-refractivity contribution in [1.29, 1.82) is 0 Å². The first-order valence-electron chi connectivity index (χ1n) is 11.5. The first-order valence-corrected chi connectivity index (χ1v) is 11.5. The van der Waals surface area contributed by atoms with E-state index in [-0.39, 0.29) is 26.2 Å². The Labute approximate surface area is 208 Å². The summed E-state index contributed by atoms with van der Waals surface area (Å²) < 4.78 is 32.2. The van der Waals surface area contributed by atoms with E-state index in [2.05, 4.69) is 0 Å². The van der Waals surface area contributed by atoms with Gasteiger partial charge in [-0.25, -0.2) is 19.2 Å². The quantitative estimate of drug-likeness (QED) is 0.258. The van der Waals surface area contributed by atoms with E-state index in [4.69, 9.17) is 28.4 Å². The summed E-state index contributed by atoms with van der Waals surface area (Å²) in [6.07, 6.45) is -4.66. The Balaban J connectivity index is 1.72. The van der Waals surface area contributed by atoms with Crippen LogP contribution < -0.4 is 0 Å². The van der Waals surface area contributed by atoms with E-state index < -0.39 is 48.5 Å². The van der Waals surface area contributed by atoms with Gasteiger partial charge >= 0.3 is 23.9 Å². The highest BCUT2D eigenvalue weighted by Gasteiger charge is 2.43. The van der Waals surface area contributed by atoms with Crippen LogP contribution in [0.3, 0.4) is 0 Å². The summed E-state index contributed by atoms with van der Waals surface area (Å²) >= 11 is 0. The molecule has 2 aromatic rings. The van der Waals surface area contributed by atoms with Crippen LogP contribution in [0.4, 0.5) is 0 Å². The molecule has 1 heterocycles. The zero-order chi connectivity index (χ0) is 25.9. The fraction of sp³-hybridized carbons (Fsp3) is 0.385. The highest BCUT2D eigenvalue weighted by atomic mass is 16.7. The first-order chi connectivity index (χ1) is 17.4. The van der Waals surface area contributed by atoms with Crippen LogP contribution in [-0.2, 0) is 38.0 Å². The van der Waals surface area contributed by atoms with Crippen molar-refractivity contribution in [3.8, 4) is 0 Å². The molecule has 1 saturated heterocycles. The van der Waals surface area contributed by atoms with Crippen LogP contribution in [0.15, 0.2) is 60.7 Å². The number of ether oxygens (including phenoxy) is 6. The Morgan fingerprint density at radius 2 is 1.33 bits per heavy atom. The lowest BCUT2D eigenvalue weighted by atomic mass is 10.1. The predicted octanol–water partition coefficient (Wildman–Crippen LogP) is 2.70. The van der Waals surface area contributed by atoms with Gasteiger partial charge in [0, 0.05) is 6.42 Å². The Morgan fingerprint density at radius 3 is 1.86 bits per heavy atom. The number of hydrogen-bond donors (Lipinski definition) is 0. The summed E-state index contributed by atoms with van der Waals surface area (Å²) in [5.74, 6) is -3.07. The Morgan fingerprint density at radius 1 is 0.806 bits per heavy atom. The molecule has 0 N–H and O–H groups in total. The normalized spacial score (nSPS) is 18.9. The van der Waals surface area contributed by atoms with Crippen LogP contribution in [0.25, 0.3) is 0 Å². The van der Waals surface area contributed by atoms with Crippen LogP contribution in [0, 0.1) is 0 Å². The lowest BCUT2D eigenvalue weighted by Gasteiger charge is -2.20. The minimum absolute atomic E-state index is 0.0264. The second-order valence-electron chi connectivity index (χ2n) is 7.63. The third-order valence-electron chi connectivity index (χ3n) is 5.11. The summed E-state index contributed by atoms with van der Waals surface area (Å²) in [5, 5.41) is 0. The van der Waals surface area contributed by atoms with Gasteiger partial charge in [-0.05, 0) is 38.1 Å². The van der Waals surface area contributed by atoms with E-state index in [1.807, 2.05) is 0 Å². The van der Waals surface area contributed by atoms with Crippen LogP contribution >= 0.6 is 0 Å². The van der Waals surface area contributed by atoms with Crippen molar-refractivity contribution in [1.82, 2.24) is 0 Å². The molecular formula is C26H28O10. The molecule has 0 spiro atoms. The third-order valence-corrected chi connectivity index (χ3v) is 5.11. The van der Waals surface area contributed by atoms with Crippen molar-refractivity contribution < 1.29 is 47.6 Å². The SMILES string of the molecule is CCOC(=O)C(O[C@@H]1C[C@H](OC(=O)c2ccccc2)[C@@H](COC(=O)c2ccccc2)O1)C(=O)OCC. The van der Waals surface area contributed by atoms with Crippen LogP contribution in [-0.4, -0.2) is 68.3 Å². The molecule has 0 amide bonds. The highest BCUT2D eigenvalue weighted by Crippen LogP contribution is 2.27. The van der Waals surface area contributed by atoms with Crippen molar-refractivity contribution in [2.24, 2.45) is 0 Å². The fourth-order valence-corrected chi connectivity index (χ4v) is 3.43. The van der Waals surface area contributed by atoms with E-state index in [0.717, 1.165) is 0 Å². The smallest absolute Gasteiger partial charge is 0.347 e. The van der Waals surface area contributed by atoms with Gasteiger partial charge < -0.3 is 28.4 Å². The van der Waals surface area contributed by atoms with Gasteiger partial charge in [-0.1, -0.05) is 36.4 Å². The largest absolute Gasteiger partial charge is 0.464 e.